The normalized spacial score (nSPS) is 29.3. The molecule has 1 aromatic carbocycles. The van der Waals surface area contributed by atoms with Crippen LogP contribution >= 0.6 is 0 Å². The van der Waals surface area contributed by atoms with Crippen LogP contribution in [0.15, 0.2) is 18.2 Å². The lowest BCUT2D eigenvalue weighted by Gasteiger charge is -2.27. The molecule has 4 heteroatoms. The highest BCUT2D eigenvalue weighted by Crippen LogP contribution is 2.37. The summed E-state index contributed by atoms with van der Waals surface area (Å²) in [6.07, 6.45) is 4.62. The molecule has 3 rings (SSSR count). The van der Waals surface area contributed by atoms with Gasteiger partial charge in [0, 0.05) is 12.1 Å². The van der Waals surface area contributed by atoms with Gasteiger partial charge in [-0.15, -0.1) is 0 Å². The Morgan fingerprint density at radius 1 is 1.29 bits per heavy atom. The van der Waals surface area contributed by atoms with E-state index in [1.54, 1.807) is 7.11 Å². The van der Waals surface area contributed by atoms with Gasteiger partial charge in [0.15, 0.2) is 11.5 Å². The van der Waals surface area contributed by atoms with Crippen LogP contribution < -0.4 is 14.8 Å². The quantitative estimate of drug-likeness (QED) is 0.926. The highest BCUT2D eigenvalue weighted by molar-refractivity contribution is 5.45. The molecule has 0 radical (unpaired) electrons. The molecule has 116 valence electrons. The highest BCUT2D eigenvalue weighted by atomic mass is 16.5. The van der Waals surface area contributed by atoms with Crippen LogP contribution in [0.3, 0.4) is 0 Å². The highest BCUT2D eigenvalue weighted by Gasteiger charge is 2.30. The third-order valence-corrected chi connectivity index (χ3v) is 4.58. The van der Waals surface area contributed by atoms with Crippen LogP contribution in [-0.2, 0) is 10.3 Å². The third-order valence-electron chi connectivity index (χ3n) is 4.58. The smallest absolute Gasteiger partial charge is 0.161 e. The second kappa shape index (κ2) is 6.24. The molecule has 2 aliphatic heterocycles. The van der Waals surface area contributed by atoms with E-state index >= 15 is 0 Å². The van der Waals surface area contributed by atoms with Crippen molar-refractivity contribution in [2.24, 2.45) is 0 Å². The standard InChI is InChI=1S/C17H25NO3/c1-17(8-4-9-18-17)13-6-7-15(16(11-13)19-2)21-14-5-3-10-20-12-14/h6-7,11,14,18H,3-5,8-10,12H2,1-2H3. The first-order valence-electron chi connectivity index (χ1n) is 7.89. The first-order valence-corrected chi connectivity index (χ1v) is 7.89. The summed E-state index contributed by atoms with van der Waals surface area (Å²) in [4.78, 5) is 0. The van der Waals surface area contributed by atoms with Gasteiger partial charge in [0.05, 0.1) is 13.7 Å². The van der Waals surface area contributed by atoms with Crippen molar-refractivity contribution in [3.63, 3.8) is 0 Å². The molecule has 0 aromatic heterocycles. The summed E-state index contributed by atoms with van der Waals surface area (Å²) in [7, 11) is 1.70. The Bertz CT molecular complexity index is 477. The van der Waals surface area contributed by atoms with E-state index in [9.17, 15) is 0 Å². The second-order valence-electron chi connectivity index (χ2n) is 6.19. The Labute approximate surface area is 126 Å². The molecule has 2 heterocycles. The first-order chi connectivity index (χ1) is 10.2. The zero-order valence-electron chi connectivity index (χ0n) is 13.0. The van der Waals surface area contributed by atoms with Crippen molar-refractivity contribution >= 4 is 0 Å². The lowest BCUT2D eigenvalue weighted by molar-refractivity contribution is 0.00642. The van der Waals surface area contributed by atoms with E-state index in [1.165, 1.54) is 12.0 Å². The minimum atomic E-state index is 0.0553. The topological polar surface area (TPSA) is 39.7 Å². The van der Waals surface area contributed by atoms with Crippen LogP contribution in [0.25, 0.3) is 0 Å². The molecule has 21 heavy (non-hydrogen) atoms. The fourth-order valence-electron chi connectivity index (χ4n) is 3.23. The summed E-state index contributed by atoms with van der Waals surface area (Å²) in [6, 6.07) is 6.30. The number of benzene rings is 1. The summed E-state index contributed by atoms with van der Waals surface area (Å²) < 4.78 is 17.1. The number of ether oxygens (including phenoxy) is 3. The Balaban J connectivity index is 1.78. The van der Waals surface area contributed by atoms with Crippen molar-refractivity contribution in [1.29, 1.82) is 0 Å². The van der Waals surface area contributed by atoms with Crippen molar-refractivity contribution in [2.45, 2.75) is 44.2 Å². The van der Waals surface area contributed by atoms with Crippen molar-refractivity contribution in [1.82, 2.24) is 5.32 Å². The van der Waals surface area contributed by atoms with Gasteiger partial charge < -0.3 is 19.5 Å². The molecule has 1 N–H and O–H groups in total. The molecule has 0 saturated carbocycles. The summed E-state index contributed by atoms with van der Waals surface area (Å²) in [5.74, 6) is 1.63. The fraction of sp³-hybridized carbons (Fsp3) is 0.647. The predicted molar refractivity (Wildman–Crippen MR) is 82.1 cm³/mol. The number of hydrogen-bond donors (Lipinski definition) is 1. The number of rotatable bonds is 4. The molecular formula is C17H25NO3. The van der Waals surface area contributed by atoms with E-state index in [2.05, 4.69) is 24.4 Å². The Hall–Kier alpha value is -1.26. The van der Waals surface area contributed by atoms with Gasteiger partial charge in [-0.3, -0.25) is 0 Å². The van der Waals surface area contributed by atoms with Gasteiger partial charge in [-0.05, 0) is 56.8 Å². The summed E-state index contributed by atoms with van der Waals surface area (Å²) in [6.45, 7) is 4.85. The van der Waals surface area contributed by atoms with Crippen LogP contribution in [-0.4, -0.2) is 33.0 Å². The molecule has 0 spiro atoms. The lowest BCUT2D eigenvalue weighted by Crippen LogP contribution is -2.33. The molecule has 2 fully saturated rings. The van der Waals surface area contributed by atoms with Crippen molar-refractivity contribution in [3.8, 4) is 11.5 Å². The molecule has 2 aliphatic rings. The molecule has 2 saturated heterocycles. The molecule has 4 nitrogen and oxygen atoms in total. The van der Waals surface area contributed by atoms with E-state index in [1.807, 2.05) is 6.07 Å². The second-order valence-corrected chi connectivity index (χ2v) is 6.19. The Kier molecular flexibility index (Phi) is 4.36. The van der Waals surface area contributed by atoms with E-state index in [-0.39, 0.29) is 11.6 Å². The van der Waals surface area contributed by atoms with Gasteiger partial charge in [-0.25, -0.2) is 0 Å². The van der Waals surface area contributed by atoms with Gasteiger partial charge in [-0.2, -0.15) is 0 Å². The summed E-state index contributed by atoms with van der Waals surface area (Å²) in [5.41, 5.74) is 1.32. The van der Waals surface area contributed by atoms with Crippen LogP contribution in [0.1, 0.15) is 38.2 Å². The Morgan fingerprint density at radius 2 is 2.19 bits per heavy atom. The summed E-state index contributed by atoms with van der Waals surface area (Å²) in [5, 5.41) is 3.59. The predicted octanol–water partition coefficient (Wildman–Crippen LogP) is 2.85. The van der Waals surface area contributed by atoms with Crippen molar-refractivity contribution < 1.29 is 14.2 Å². The lowest BCUT2D eigenvalue weighted by atomic mass is 9.90. The maximum atomic E-state index is 6.06. The van der Waals surface area contributed by atoms with Crippen LogP contribution in [0, 0.1) is 0 Å². The molecule has 2 unspecified atom stereocenters. The third kappa shape index (κ3) is 3.16. The van der Waals surface area contributed by atoms with Gasteiger partial charge in [-0.1, -0.05) is 6.07 Å². The van der Waals surface area contributed by atoms with E-state index in [0.717, 1.165) is 43.9 Å². The molecule has 2 atom stereocenters. The minimum absolute atomic E-state index is 0.0553. The van der Waals surface area contributed by atoms with Gasteiger partial charge in [0.25, 0.3) is 0 Å². The van der Waals surface area contributed by atoms with Gasteiger partial charge >= 0.3 is 0 Å². The van der Waals surface area contributed by atoms with Crippen molar-refractivity contribution in [2.75, 3.05) is 26.9 Å². The zero-order chi connectivity index (χ0) is 14.7. The Morgan fingerprint density at radius 3 is 2.86 bits per heavy atom. The van der Waals surface area contributed by atoms with Gasteiger partial charge in [0.2, 0.25) is 0 Å². The monoisotopic (exact) mass is 291 g/mol. The fourth-order valence-corrected chi connectivity index (χ4v) is 3.23. The average Bonchev–Trinajstić information content (AvgIpc) is 2.96. The van der Waals surface area contributed by atoms with E-state index < -0.39 is 0 Å². The SMILES string of the molecule is COc1cc(C2(C)CCCN2)ccc1OC1CCCOC1. The first kappa shape index (κ1) is 14.7. The van der Waals surface area contributed by atoms with Crippen LogP contribution in [0.5, 0.6) is 11.5 Å². The zero-order valence-corrected chi connectivity index (χ0v) is 13.0. The summed E-state index contributed by atoms with van der Waals surface area (Å²) >= 11 is 0. The van der Waals surface area contributed by atoms with Crippen LogP contribution in [0.2, 0.25) is 0 Å². The molecular weight excluding hydrogens is 266 g/mol. The number of methoxy groups -OCH3 is 1. The number of nitrogens with one attached hydrogen (secondary N) is 1. The van der Waals surface area contributed by atoms with E-state index in [4.69, 9.17) is 14.2 Å². The maximum absolute atomic E-state index is 6.06. The molecule has 0 amide bonds. The minimum Gasteiger partial charge on any atom is -0.493 e. The van der Waals surface area contributed by atoms with Crippen LogP contribution in [0.4, 0.5) is 0 Å². The largest absolute Gasteiger partial charge is 0.493 e. The maximum Gasteiger partial charge on any atom is 0.161 e. The van der Waals surface area contributed by atoms with Gasteiger partial charge in [0.1, 0.15) is 6.10 Å². The molecule has 0 bridgehead atoms. The van der Waals surface area contributed by atoms with E-state index in [0.29, 0.717) is 6.61 Å². The average molecular weight is 291 g/mol. The van der Waals surface area contributed by atoms with Crippen molar-refractivity contribution in [3.05, 3.63) is 23.8 Å². The molecule has 0 aliphatic carbocycles. The molecule has 1 aromatic rings. The number of hydrogen-bond acceptors (Lipinski definition) is 4.